The molecule has 106 valence electrons. The number of nitrogens with one attached hydrogen (secondary N) is 1. The number of para-hydroxylation sites is 1. The van der Waals surface area contributed by atoms with E-state index in [0.717, 1.165) is 11.3 Å². The van der Waals surface area contributed by atoms with Gasteiger partial charge in [0.1, 0.15) is 5.75 Å². The first-order chi connectivity index (χ1) is 8.98. The van der Waals surface area contributed by atoms with E-state index in [1.165, 1.54) is 0 Å². The summed E-state index contributed by atoms with van der Waals surface area (Å²) >= 11 is 0. The lowest BCUT2D eigenvalue weighted by molar-refractivity contribution is -0.127. The molecule has 0 saturated carbocycles. The molecule has 0 fully saturated rings. The van der Waals surface area contributed by atoms with Crippen LogP contribution < -0.4 is 15.8 Å². The number of methoxy groups -OCH3 is 1. The minimum Gasteiger partial charge on any atom is -0.496 e. The van der Waals surface area contributed by atoms with E-state index in [1.807, 2.05) is 45.0 Å². The van der Waals surface area contributed by atoms with Crippen LogP contribution >= 0.6 is 0 Å². The molecule has 1 aromatic rings. The molecule has 3 N–H and O–H groups in total. The van der Waals surface area contributed by atoms with Crippen molar-refractivity contribution in [3.8, 4) is 5.75 Å². The Morgan fingerprint density at radius 1 is 1.37 bits per heavy atom. The van der Waals surface area contributed by atoms with Gasteiger partial charge in [-0.3, -0.25) is 4.79 Å². The van der Waals surface area contributed by atoms with Crippen LogP contribution in [0.4, 0.5) is 0 Å². The standard InChI is InChI=1S/C15H24N2O2/c1-5-15(16,6-2)14(18)17-11(3)12-9-7-8-10-13(12)19-4/h7-11H,5-6,16H2,1-4H3,(H,17,18)/t11-/m1/s1. The normalized spacial score (nSPS) is 12.9. The van der Waals surface area contributed by atoms with Crippen LogP contribution in [0, 0.1) is 0 Å². The van der Waals surface area contributed by atoms with E-state index in [4.69, 9.17) is 10.5 Å². The van der Waals surface area contributed by atoms with Crippen molar-refractivity contribution < 1.29 is 9.53 Å². The highest BCUT2D eigenvalue weighted by molar-refractivity contribution is 5.86. The molecule has 0 spiro atoms. The van der Waals surface area contributed by atoms with Crippen molar-refractivity contribution in [1.82, 2.24) is 5.32 Å². The van der Waals surface area contributed by atoms with Crippen LogP contribution in [0.25, 0.3) is 0 Å². The molecule has 0 radical (unpaired) electrons. The van der Waals surface area contributed by atoms with E-state index < -0.39 is 5.54 Å². The summed E-state index contributed by atoms with van der Waals surface area (Å²) in [6.07, 6.45) is 1.24. The Balaban J connectivity index is 2.85. The second-order valence-electron chi connectivity index (χ2n) is 4.80. The van der Waals surface area contributed by atoms with Gasteiger partial charge in [0.2, 0.25) is 5.91 Å². The van der Waals surface area contributed by atoms with Crippen LogP contribution in [-0.2, 0) is 4.79 Å². The van der Waals surface area contributed by atoms with Crippen LogP contribution in [0.2, 0.25) is 0 Å². The monoisotopic (exact) mass is 264 g/mol. The number of amides is 1. The molecule has 0 aliphatic rings. The van der Waals surface area contributed by atoms with Crippen LogP contribution in [-0.4, -0.2) is 18.6 Å². The average molecular weight is 264 g/mol. The Morgan fingerprint density at radius 2 is 1.95 bits per heavy atom. The summed E-state index contributed by atoms with van der Waals surface area (Å²) < 4.78 is 5.30. The van der Waals surface area contributed by atoms with E-state index in [1.54, 1.807) is 7.11 Å². The first-order valence-electron chi connectivity index (χ1n) is 6.71. The fourth-order valence-corrected chi connectivity index (χ4v) is 2.01. The van der Waals surface area contributed by atoms with Gasteiger partial charge in [-0.1, -0.05) is 32.0 Å². The fourth-order valence-electron chi connectivity index (χ4n) is 2.01. The van der Waals surface area contributed by atoms with E-state index in [9.17, 15) is 4.79 Å². The number of ether oxygens (including phenoxy) is 1. The second kappa shape index (κ2) is 6.57. The fraction of sp³-hybridized carbons (Fsp3) is 0.533. The first kappa shape index (κ1) is 15.5. The number of carbonyl (C=O) groups excluding carboxylic acids is 1. The predicted octanol–water partition coefficient (Wildman–Crippen LogP) is 2.39. The quantitative estimate of drug-likeness (QED) is 0.829. The lowest BCUT2D eigenvalue weighted by Crippen LogP contribution is -2.53. The summed E-state index contributed by atoms with van der Waals surface area (Å²) in [6, 6.07) is 7.52. The molecule has 4 heteroatoms. The molecule has 0 heterocycles. The lowest BCUT2D eigenvalue weighted by atomic mass is 9.92. The molecular formula is C15H24N2O2. The summed E-state index contributed by atoms with van der Waals surface area (Å²) in [6.45, 7) is 5.79. The van der Waals surface area contributed by atoms with Crippen molar-refractivity contribution in [2.75, 3.05) is 7.11 Å². The summed E-state index contributed by atoms with van der Waals surface area (Å²) in [5.41, 5.74) is 6.25. The second-order valence-corrected chi connectivity index (χ2v) is 4.80. The summed E-state index contributed by atoms with van der Waals surface area (Å²) in [7, 11) is 1.62. The van der Waals surface area contributed by atoms with E-state index >= 15 is 0 Å². The zero-order valence-electron chi connectivity index (χ0n) is 12.2. The number of hydrogen-bond acceptors (Lipinski definition) is 3. The Hall–Kier alpha value is -1.55. The highest BCUT2D eigenvalue weighted by Crippen LogP contribution is 2.25. The van der Waals surface area contributed by atoms with Crippen LogP contribution in [0.1, 0.15) is 45.2 Å². The van der Waals surface area contributed by atoms with E-state index in [2.05, 4.69) is 5.32 Å². The molecule has 1 rings (SSSR count). The van der Waals surface area contributed by atoms with Crippen molar-refractivity contribution >= 4 is 5.91 Å². The van der Waals surface area contributed by atoms with Gasteiger partial charge in [0, 0.05) is 5.56 Å². The summed E-state index contributed by atoms with van der Waals surface area (Å²) in [5.74, 6) is 0.654. The molecule has 4 nitrogen and oxygen atoms in total. The zero-order valence-corrected chi connectivity index (χ0v) is 12.2. The van der Waals surface area contributed by atoms with Gasteiger partial charge < -0.3 is 15.8 Å². The number of benzene rings is 1. The van der Waals surface area contributed by atoms with Crippen molar-refractivity contribution in [2.24, 2.45) is 5.73 Å². The number of carbonyl (C=O) groups is 1. The first-order valence-corrected chi connectivity index (χ1v) is 6.71. The van der Waals surface area contributed by atoms with Gasteiger partial charge in [0.05, 0.1) is 18.7 Å². The third-order valence-electron chi connectivity index (χ3n) is 3.67. The Morgan fingerprint density at radius 3 is 2.47 bits per heavy atom. The zero-order chi connectivity index (χ0) is 14.5. The van der Waals surface area contributed by atoms with Crippen LogP contribution in [0.5, 0.6) is 5.75 Å². The molecule has 0 unspecified atom stereocenters. The highest BCUT2D eigenvalue weighted by Gasteiger charge is 2.31. The molecular weight excluding hydrogens is 240 g/mol. The minimum atomic E-state index is -0.795. The topological polar surface area (TPSA) is 64.4 Å². The van der Waals surface area contributed by atoms with Gasteiger partial charge in [0.15, 0.2) is 0 Å². The molecule has 1 atom stereocenters. The van der Waals surface area contributed by atoms with Crippen molar-refractivity contribution in [2.45, 2.75) is 45.2 Å². The van der Waals surface area contributed by atoms with Gasteiger partial charge in [0.25, 0.3) is 0 Å². The number of hydrogen-bond donors (Lipinski definition) is 2. The lowest BCUT2D eigenvalue weighted by Gasteiger charge is -2.28. The molecule has 0 aliphatic carbocycles. The van der Waals surface area contributed by atoms with Gasteiger partial charge in [-0.05, 0) is 25.8 Å². The Kier molecular flexibility index (Phi) is 5.36. The van der Waals surface area contributed by atoms with E-state index in [-0.39, 0.29) is 11.9 Å². The maximum atomic E-state index is 12.2. The third kappa shape index (κ3) is 3.47. The van der Waals surface area contributed by atoms with Gasteiger partial charge in [-0.2, -0.15) is 0 Å². The number of rotatable bonds is 6. The molecule has 0 aromatic heterocycles. The smallest absolute Gasteiger partial charge is 0.240 e. The van der Waals surface area contributed by atoms with Gasteiger partial charge in [-0.15, -0.1) is 0 Å². The molecule has 19 heavy (non-hydrogen) atoms. The molecule has 0 bridgehead atoms. The van der Waals surface area contributed by atoms with Crippen LogP contribution in [0.3, 0.4) is 0 Å². The Labute approximate surface area is 115 Å². The predicted molar refractivity (Wildman–Crippen MR) is 77.1 cm³/mol. The molecule has 1 aromatic carbocycles. The van der Waals surface area contributed by atoms with E-state index in [0.29, 0.717) is 12.8 Å². The summed E-state index contributed by atoms with van der Waals surface area (Å²) in [4.78, 5) is 12.2. The molecule has 1 amide bonds. The van der Waals surface area contributed by atoms with Crippen molar-refractivity contribution in [3.63, 3.8) is 0 Å². The highest BCUT2D eigenvalue weighted by atomic mass is 16.5. The van der Waals surface area contributed by atoms with Crippen molar-refractivity contribution in [1.29, 1.82) is 0 Å². The summed E-state index contributed by atoms with van der Waals surface area (Å²) in [5, 5.41) is 2.97. The largest absolute Gasteiger partial charge is 0.496 e. The number of nitrogens with two attached hydrogens (primary N) is 1. The van der Waals surface area contributed by atoms with Gasteiger partial charge in [-0.25, -0.2) is 0 Å². The maximum absolute atomic E-state index is 12.2. The minimum absolute atomic E-state index is 0.115. The third-order valence-corrected chi connectivity index (χ3v) is 3.67. The molecule has 0 saturated heterocycles. The SMILES string of the molecule is CCC(N)(CC)C(=O)N[C@H](C)c1ccccc1OC. The Bertz CT molecular complexity index is 428. The maximum Gasteiger partial charge on any atom is 0.240 e. The van der Waals surface area contributed by atoms with Crippen molar-refractivity contribution in [3.05, 3.63) is 29.8 Å². The van der Waals surface area contributed by atoms with Crippen LogP contribution in [0.15, 0.2) is 24.3 Å². The average Bonchev–Trinajstić information content (AvgIpc) is 2.45. The molecule has 0 aliphatic heterocycles. The van der Waals surface area contributed by atoms with Gasteiger partial charge >= 0.3 is 0 Å².